The van der Waals surface area contributed by atoms with E-state index in [1.165, 1.54) is 0 Å². The average molecular weight is 414 g/mol. The van der Waals surface area contributed by atoms with Crippen LogP contribution in [0, 0.1) is 6.92 Å². The number of amides is 1. The summed E-state index contributed by atoms with van der Waals surface area (Å²) >= 11 is 3.46. The topological polar surface area (TPSA) is 47.4 Å². The molecule has 0 fully saturated rings. The van der Waals surface area contributed by atoms with Crippen molar-refractivity contribution < 1.29 is 9.53 Å². The van der Waals surface area contributed by atoms with E-state index in [1.54, 1.807) is 16.5 Å². The van der Waals surface area contributed by atoms with Gasteiger partial charge >= 0.3 is 6.09 Å². The molecule has 0 N–H and O–H groups in total. The first-order valence-corrected chi connectivity index (χ1v) is 9.13. The lowest BCUT2D eigenvalue weighted by Crippen LogP contribution is -2.27. The van der Waals surface area contributed by atoms with E-state index in [1.807, 2.05) is 68.6 Å². The smallest absolute Gasteiger partial charge is 0.419 e. The van der Waals surface area contributed by atoms with Gasteiger partial charge in [0.15, 0.2) is 0 Å². The number of aromatic nitrogens is 2. The van der Waals surface area contributed by atoms with E-state index < -0.39 is 6.09 Å². The number of nitrogens with zero attached hydrogens (tertiary/aromatic N) is 3. The number of carbonyl (C=O) groups excluding carboxylic acids is 1. The highest BCUT2D eigenvalue weighted by Gasteiger charge is 2.28. The maximum atomic E-state index is 12.8. The minimum Gasteiger partial charge on any atom is -0.449 e. The summed E-state index contributed by atoms with van der Waals surface area (Å²) in [5.74, 6) is 0. The van der Waals surface area contributed by atoms with Gasteiger partial charge in [0.1, 0.15) is 5.69 Å². The number of halogens is 1. The zero-order chi connectivity index (χ0) is 18.7. The van der Waals surface area contributed by atoms with Gasteiger partial charge in [0.25, 0.3) is 0 Å². The first-order chi connectivity index (χ1) is 12.5. The Kier molecular flexibility index (Phi) is 5.42. The van der Waals surface area contributed by atoms with Crippen molar-refractivity contribution >= 4 is 33.4 Å². The fourth-order valence-electron chi connectivity index (χ4n) is 2.94. The van der Waals surface area contributed by atoms with Crippen LogP contribution in [0.25, 0.3) is 11.3 Å². The first kappa shape index (κ1) is 18.2. The predicted molar refractivity (Wildman–Crippen MR) is 107 cm³/mol. The van der Waals surface area contributed by atoms with E-state index in [4.69, 9.17) is 4.74 Å². The first-order valence-electron chi connectivity index (χ1n) is 8.34. The van der Waals surface area contributed by atoms with Crippen LogP contribution in [0.5, 0.6) is 0 Å². The van der Waals surface area contributed by atoms with E-state index in [0.717, 1.165) is 32.8 Å². The molecule has 1 aromatic heterocycles. The van der Waals surface area contributed by atoms with Crippen LogP contribution in [0.3, 0.4) is 0 Å². The van der Waals surface area contributed by atoms with Gasteiger partial charge in [0.05, 0.1) is 23.7 Å². The van der Waals surface area contributed by atoms with Gasteiger partial charge in [-0.1, -0.05) is 46.3 Å². The molecule has 0 atom stereocenters. The average Bonchev–Trinajstić information content (AvgIpc) is 2.91. The van der Waals surface area contributed by atoms with Crippen molar-refractivity contribution in [2.75, 3.05) is 11.5 Å². The Hall–Kier alpha value is -2.60. The third kappa shape index (κ3) is 3.51. The molecule has 0 unspecified atom stereocenters. The Labute approximate surface area is 161 Å². The van der Waals surface area contributed by atoms with Crippen molar-refractivity contribution in [1.82, 2.24) is 9.78 Å². The quantitative estimate of drug-likeness (QED) is 0.570. The maximum Gasteiger partial charge on any atom is 0.419 e. The summed E-state index contributed by atoms with van der Waals surface area (Å²) in [6, 6.07) is 17.4. The van der Waals surface area contributed by atoms with Crippen molar-refractivity contribution in [2.45, 2.75) is 13.8 Å². The lowest BCUT2D eigenvalue weighted by Gasteiger charge is -2.23. The molecule has 0 spiro atoms. The Morgan fingerprint density at radius 2 is 1.81 bits per heavy atom. The molecule has 6 heteroatoms. The SMILES string of the molecule is CCOC(=O)N(c1ccccc1)c1c(C)nn(C)c1-c1ccc(Br)cc1. The lowest BCUT2D eigenvalue weighted by molar-refractivity contribution is 0.162. The largest absolute Gasteiger partial charge is 0.449 e. The molecule has 0 saturated carbocycles. The summed E-state index contributed by atoms with van der Waals surface area (Å²) in [5.41, 5.74) is 4.03. The second kappa shape index (κ2) is 7.74. The molecule has 5 nitrogen and oxygen atoms in total. The van der Waals surface area contributed by atoms with Crippen molar-refractivity contribution in [3.8, 4) is 11.3 Å². The Bertz CT molecular complexity index is 905. The molecule has 0 radical (unpaired) electrons. The van der Waals surface area contributed by atoms with Gasteiger partial charge in [-0.25, -0.2) is 9.69 Å². The molecule has 0 aliphatic heterocycles. The van der Waals surface area contributed by atoms with Crippen molar-refractivity contribution in [1.29, 1.82) is 0 Å². The fourth-order valence-corrected chi connectivity index (χ4v) is 3.20. The summed E-state index contributed by atoms with van der Waals surface area (Å²) in [5, 5.41) is 4.55. The van der Waals surface area contributed by atoms with Crippen LogP contribution >= 0.6 is 15.9 Å². The molecule has 1 heterocycles. The second-order valence-electron chi connectivity index (χ2n) is 5.78. The molecule has 0 aliphatic carbocycles. The molecular weight excluding hydrogens is 394 g/mol. The summed E-state index contributed by atoms with van der Waals surface area (Å²) < 4.78 is 8.12. The van der Waals surface area contributed by atoms with Crippen LogP contribution in [0.15, 0.2) is 59.1 Å². The molecule has 0 saturated heterocycles. The van der Waals surface area contributed by atoms with Crippen LogP contribution in [-0.2, 0) is 11.8 Å². The molecule has 0 bridgehead atoms. The number of anilines is 2. The van der Waals surface area contributed by atoms with Crippen molar-refractivity contribution in [3.63, 3.8) is 0 Å². The highest BCUT2D eigenvalue weighted by atomic mass is 79.9. The Morgan fingerprint density at radius 3 is 2.42 bits per heavy atom. The highest BCUT2D eigenvalue weighted by Crippen LogP contribution is 2.38. The normalized spacial score (nSPS) is 10.6. The van der Waals surface area contributed by atoms with Crippen LogP contribution in [0.2, 0.25) is 0 Å². The number of hydrogen-bond donors (Lipinski definition) is 0. The zero-order valence-electron chi connectivity index (χ0n) is 14.9. The highest BCUT2D eigenvalue weighted by molar-refractivity contribution is 9.10. The minimum atomic E-state index is -0.423. The van der Waals surface area contributed by atoms with Gasteiger partial charge in [-0.3, -0.25) is 4.68 Å². The van der Waals surface area contributed by atoms with E-state index in [0.29, 0.717) is 6.61 Å². The van der Waals surface area contributed by atoms with Crippen molar-refractivity contribution in [2.24, 2.45) is 7.05 Å². The van der Waals surface area contributed by atoms with Gasteiger partial charge in [0.2, 0.25) is 0 Å². The van der Waals surface area contributed by atoms with Gasteiger partial charge in [-0.15, -0.1) is 0 Å². The monoisotopic (exact) mass is 413 g/mol. The van der Waals surface area contributed by atoms with E-state index >= 15 is 0 Å². The number of ether oxygens (including phenoxy) is 1. The van der Waals surface area contributed by atoms with Crippen LogP contribution < -0.4 is 4.90 Å². The number of benzene rings is 2. The van der Waals surface area contributed by atoms with Crippen LogP contribution in [-0.4, -0.2) is 22.5 Å². The summed E-state index contributed by atoms with van der Waals surface area (Å²) in [6.07, 6.45) is -0.423. The second-order valence-corrected chi connectivity index (χ2v) is 6.70. The molecule has 134 valence electrons. The molecule has 3 aromatic rings. The molecular formula is C20H20BrN3O2. The maximum absolute atomic E-state index is 12.8. The van der Waals surface area contributed by atoms with Gasteiger partial charge in [0, 0.05) is 17.1 Å². The van der Waals surface area contributed by atoms with Gasteiger partial charge < -0.3 is 4.74 Å². The number of rotatable bonds is 4. The van der Waals surface area contributed by atoms with Crippen LogP contribution in [0.1, 0.15) is 12.6 Å². The number of carbonyl (C=O) groups is 1. The molecule has 1 amide bonds. The number of hydrogen-bond acceptors (Lipinski definition) is 3. The molecule has 26 heavy (non-hydrogen) atoms. The fraction of sp³-hybridized carbons (Fsp3) is 0.200. The Balaban J connectivity index is 2.21. The van der Waals surface area contributed by atoms with Gasteiger partial charge in [-0.2, -0.15) is 5.10 Å². The summed E-state index contributed by atoms with van der Waals surface area (Å²) in [4.78, 5) is 14.4. The van der Waals surface area contributed by atoms with Crippen LogP contribution in [0.4, 0.5) is 16.2 Å². The number of para-hydroxylation sites is 1. The summed E-state index contributed by atoms with van der Waals surface area (Å²) in [6.45, 7) is 3.99. The van der Waals surface area contributed by atoms with Gasteiger partial charge in [-0.05, 0) is 38.1 Å². The molecule has 0 aliphatic rings. The molecule has 3 rings (SSSR count). The standard InChI is InChI=1S/C20H20BrN3O2/c1-4-26-20(25)24(17-8-6-5-7-9-17)18-14(2)22-23(3)19(18)15-10-12-16(21)13-11-15/h5-13H,4H2,1-3H3. The predicted octanol–water partition coefficient (Wildman–Crippen LogP) is 5.45. The zero-order valence-corrected chi connectivity index (χ0v) is 16.5. The van der Waals surface area contributed by atoms with Crippen molar-refractivity contribution in [3.05, 3.63) is 64.8 Å². The third-order valence-electron chi connectivity index (χ3n) is 4.00. The van der Waals surface area contributed by atoms with E-state index in [9.17, 15) is 4.79 Å². The Morgan fingerprint density at radius 1 is 1.15 bits per heavy atom. The number of aryl methyl sites for hydroxylation is 2. The minimum absolute atomic E-state index is 0.301. The lowest BCUT2D eigenvalue weighted by atomic mass is 10.1. The summed E-state index contributed by atoms with van der Waals surface area (Å²) in [7, 11) is 1.88. The van der Waals surface area contributed by atoms with E-state index in [-0.39, 0.29) is 0 Å². The van der Waals surface area contributed by atoms with E-state index in [2.05, 4.69) is 21.0 Å². The molecule has 2 aromatic carbocycles. The third-order valence-corrected chi connectivity index (χ3v) is 4.53.